The van der Waals surface area contributed by atoms with Crippen LogP contribution in [0.1, 0.15) is 71.6 Å². The van der Waals surface area contributed by atoms with Crippen LogP contribution in [0, 0.1) is 0 Å². The number of carbonyl (C=O) groups is 1. The fourth-order valence-electron chi connectivity index (χ4n) is 1.89. The van der Waals surface area contributed by atoms with Crippen LogP contribution in [0.15, 0.2) is 12.2 Å². The summed E-state index contributed by atoms with van der Waals surface area (Å²) in [6, 6.07) is 0. The van der Waals surface area contributed by atoms with Gasteiger partial charge in [-0.25, -0.2) is 0 Å². The number of ether oxygens (including phenoxy) is 1. The van der Waals surface area contributed by atoms with Gasteiger partial charge in [-0.3, -0.25) is 4.79 Å². The summed E-state index contributed by atoms with van der Waals surface area (Å²) >= 11 is 0. The van der Waals surface area contributed by atoms with E-state index in [0.29, 0.717) is 13.0 Å². The Morgan fingerprint density at radius 1 is 1.16 bits per heavy atom. The van der Waals surface area contributed by atoms with Crippen molar-refractivity contribution in [1.82, 2.24) is 0 Å². The zero-order valence-corrected chi connectivity index (χ0v) is 12.6. The average molecular weight is 270 g/mol. The van der Waals surface area contributed by atoms with E-state index < -0.39 is 6.10 Å². The van der Waals surface area contributed by atoms with Gasteiger partial charge in [-0.2, -0.15) is 0 Å². The first-order valence-electron chi connectivity index (χ1n) is 7.71. The van der Waals surface area contributed by atoms with Gasteiger partial charge in [0, 0.05) is 6.42 Å². The number of hydrogen-bond donors (Lipinski definition) is 1. The van der Waals surface area contributed by atoms with Crippen LogP contribution in [0.4, 0.5) is 0 Å². The number of aliphatic hydroxyl groups is 1. The van der Waals surface area contributed by atoms with Crippen LogP contribution < -0.4 is 0 Å². The third-order valence-electron chi connectivity index (χ3n) is 3.03. The summed E-state index contributed by atoms with van der Waals surface area (Å²) in [6.45, 7) is 4.41. The minimum atomic E-state index is -0.524. The molecule has 0 fully saturated rings. The van der Waals surface area contributed by atoms with E-state index in [0.717, 1.165) is 6.42 Å². The van der Waals surface area contributed by atoms with E-state index in [1.165, 1.54) is 38.5 Å². The molecular formula is C16H30O3. The maximum atomic E-state index is 11.1. The quantitative estimate of drug-likeness (QED) is 0.331. The van der Waals surface area contributed by atoms with Crippen LogP contribution in [0.2, 0.25) is 0 Å². The standard InChI is InChI=1S/C16H30O3/c1-3-5-6-7-8-9-10-11-12-15(17)13-14-16(18)19-4-2/h11-12,15,17H,3-10,13-14H2,1-2H3/b12-11+. The van der Waals surface area contributed by atoms with Crippen LogP contribution in [0.5, 0.6) is 0 Å². The van der Waals surface area contributed by atoms with E-state index in [9.17, 15) is 9.90 Å². The van der Waals surface area contributed by atoms with Gasteiger partial charge in [-0.1, -0.05) is 51.2 Å². The molecule has 3 nitrogen and oxygen atoms in total. The van der Waals surface area contributed by atoms with Crippen molar-refractivity contribution in [2.24, 2.45) is 0 Å². The fourth-order valence-corrected chi connectivity index (χ4v) is 1.89. The van der Waals surface area contributed by atoms with Crippen molar-refractivity contribution in [1.29, 1.82) is 0 Å². The number of rotatable bonds is 12. The predicted octanol–water partition coefficient (Wildman–Crippen LogP) is 4.00. The van der Waals surface area contributed by atoms with Crippen molar-refractivity contribution in [3.8, 4) is 0 Å². The molecule has 0 aromatic heterocycles. The van der Waals surface area contributed by atoms with Crippen LogP contribution in [-0.2, 0) is 9.53 Å². The smallest absolute Gasteiger partial charge is 0.305 e. The number of hydrogen-bond acceptors (Lipinski definition) is 3. The molecule has 0 heterocycles. The molecule has 0 rings (SSSR count). The Labute approximate surface area is 118 Å². The Morgan fingerprint density at radius 3 is 2.53 bits per heavy atom. The highest BCUT2D eigenvalue weighted by Gasteiger charge is 2.05. The van der Waals surface area contributed by atoms with Crippen LogP contribution in [-0.4, -0.2) is 23.8 Å². The molecule has 0 saturated heterocycles. The maximum absolute atomic E-state index is 11.1. The molecule has 0 radical (unpaired) electrons. The molecule has 0 aromatic carbocycles. The fraction of sp³-hybridized carbons (Fsp3) is 0.812. The second-order valence-electron chi connectivity index (χ2n) is 4.90. The summed E-state index contributed by atoms with van der Waals surface area (Å²) in [5.74, 6) is -0.231. The molecule has 1 unspecified atom stereocenters. The Kier molecular flexibility index (Phi) is 13.0. The first kappa shape index (κ1) is 18.2. The largest absolute Gasteiger partial charge is 0.466 e. The Hall–Kier alpha value is -0.830. The van der Waals surface area contributed by atoms with E-state index in [2.05, 4.69) is 6.92 Å². The molecule has 0 aliphatic rings. The molecule has 19 heavy (non-hydrogen) atoms. The third kappa shape index (κ3) is 13.4. The van der Waals surface area contributed by atoms with E-state index in [1.807, 2.05) is 6.08 Å². The van der Waals surface area contributed by atoms with Gasteiger partial charge in [0.2, 0.25) is 0 Å². The van der Waals surface area contributed by atoms with E-state index in [1.54, 1.807) is 13.0 Å². The van der Waals surface area contributed by atoms with Crippen molar-refractivity contribution in [3.63, 3.8) is 0 Å². The minimum absolute atomic E-state index is 0.231. The Balaban J connectivity index is 3.41. The normalized spacial score (nSPS) is 12.8. The second-order valence-corrected chi connectivity index (χ2v) is 4.90. The van der Waals surface area contributed by atoms with Gasteiger partial charge >= 0.3 is 5.97 Å². The topological polar surface area (TPSA) is 46.5 Å². The Bertz CT molecular complexity index is 236. The summed E-state index contributed by atoms with van der Waals surface area (Å²) < 4.78 is 4.81. The van der Waals surface area contributed by atoms with Gasteiger partial charge in [-0.05, 0) is 26.2 Å². The maximum Gasteiger partial charge on any atom is 0.305 e. The zero-order chi connectivity index (χ0) is 14.3. The van der Waals surface area contributed by atoms with Crippen LogP contribution in [0.3, 0.4) is 0 Å². The predicted molar refractivity (Wildman–Crippen MR) is 79.0 cm³/mol. The van der Waals surface area contributed by atoms with Gasteiger partial charge in [0.05, 0.1) is 12.7 Å². The second kappa shape index (κ2) is 13.6. The minimum Gasteiger partial charge on any atom is -0.466 e. The average Bonchev–Trinajstić information content (AvgIpc) is 2.40. The lowest BCUT2D eigenvalue weighted by molar-refractivity contribution is -0.143. The molecule has 0 aliphatic carbocycles. The molecule has 3 heteroatoms. The summed E-state index contributed by atoms with van der Waals surface area (Å²) in [7, 11) is 0. The number of carbonyl (C=O) groups excluding carboxylic acids is 1. The molecule has 1 N–H and O–H groups in total. The van der Waals surface area contributed by atoms with Crippen molar-refractivity contribution in [2.75, 3.05) is 6.61 Å². The number of unbranched alkanes of at least 4 members (excludes halogenated alkanes) is 6. The van der Waals surface area contributed by atoms with Crippen molar-refractivity contribution >= 4 is 5.97 Å². The third-order valence-corrected chi connectivity index (χ3v) is 3.03. The lowest BCUT2D eigenvalue weighted by Crippen LogP contribution is -2.09. The molecule has 0 aromatic rings. The monoisotopic (exact) mass is 270 g/mol. The molecule has 0 aliphatic heterocycles. The van der Waals surface area contributed by atoms with Crippen LogP contribution >= 0.6 is 0 Å². The molecule has 0 spiro atoms. The van der Waals surface area contributed by atoms with E-state index >= 15 is 0 Å². The lowest BCUT2D eigenvalue weighted by Gasteiger charge is -2.05. The van der Waals surface area contributed by atoms with Gasteiger partial charge in [0.1, 0.15) is 0 Å². The highest BCUT2D eigenvalue weighted by atomic mass is 16.5. The molecule has 0 amide bonds. The van der Waals surface area contributed by atoms with E-state index in [-0.39, 0.29) is 12.4 Å². The van der Waals surface area contributed by atoms with Crippen molar-refractivity contribution in [2.45, 2.75) is 77.7 Å². The number of allylic oxidation sites excluding steroid dienone is 1. The summed E-state index contributed by atoms with van der Waals surface area (Å²) in [5.41, 5.74) is 0. The number of aliphatic hydroxyl groups excluding tert-OH is 1. The molecule has 0 bridgehead atoms. The van der Waals surface area contributed by atoms with Crippen molar-refractivity contribution < 1.29 is 14.6 Å². The first-order chi connectivity index (χ1) is 9.20. The zero-order valence-electron chi connectivity index (χ0n) is 12.6. The van der Waals surface area contributed by atoms with Crippen LogP contribution in [0.25, 0.3) is 0 Å². The lowest BCUT2D eigenvalue weighted by atomic mass is 10.1. The highest BCUT2D eigenvalue weighted by Crippen LogP contribution is 2.08. The molecular weight excluding hydrogens is 240 g/mol. The molecule has 1 atom stereocenters. The molecule has 0 saturated carbocycles. The van der Waals surface area contributed by atoms with Crippen molar-refractivity contribution in [3.05, 3.63) is 12.2 Å². The van der Waals surface area contributed by atoms with E-state index in [4.69, 9.17) is 4.74 Å². The van der Waals surface area contributed by atoms with Gasteiger partial charge in [0.15, 0.2) is 0 Å². The first-order valence-corrected chi connectivity index (χ1v) is 7.71. The molecule has 112 valence electrons. The summed E-state index contributed by atoms with van der Waals surface area (Å²) in [4.78, 5) is 11.1. The van der Waals surface area contributed by atoms with Gasteiger partial charge in [-0.15, -0.1) is 0 Å². The number of esters is 1. The Morgan fingerprint density at radius 2 is 1.84 bits per heavy atom. The van der Waals surface area contributed by atoms with Gasteiger partial charge < -0.3 is 9.84 Å². The SMILES string of the molecule is CCCCCCCC/C=C/C(O)CCC(=O)OCC. The highest BCUT2D eigenvalue weighted by molar-refractivity contribution is 5.69. The van der Waals surface area contributed by atoms with Gasteiger partial charge in [0.25, 0.3) is 0 Å². The summed E-state index contributed by atoms with van der Waals surface area (Å²) in [6.07, 6.45) is 12.8. The summed E-state index contributed by atoms with van der Waals surface area (Å²) in [5, 5.41) is 9.64.